The summed E-state index contributed by atoms with van der Waals surface area (Å²) in [5, 5.41) is 13.8. The van der Waals surface area contributed by atoms with Crippen molar-refractivity contribution in [2.45, 2.75) is 31.7 Å². The van der Waals surface area contributed by atoms with Crippen LogP contribution in [0.2, 0.25) is 5.02 Å². The van der Waals surface area contributed by atoms with Crippen molar-refractivity contribution in [3.63, 3.8) is 0 Å². The second kappa shape index (κ2) is 9.49. The van der Waals surface area contributed by atoms with E-state index in [9.17, 15) is 24.5 Å². The Morgan fingerprint density at radius 2 is 1.77 bits per heavy atom. The number of nitro groups is 1. The summed E-state index contributed by atoms with van der Waals surface area (Å²) in [7, 11) is 0. The minimum atomic E-state index is -0.830. The summed E-state index contributed by atoms with van der Waals surface area (Å²) in [6.45, 7) is -0.454. The van der Waals surface area contributed by atoms with Gasteiger partial charge in [-0.15, -0.1) is 0 Å². The number of ether oxygens (including phenoxy) is 1. The SMILES string of the molecule is O=C(COC(=O)c1ccccc1C(=O)c1ccc(Cl)c([N+](=O)[O-])c1)NC1CCCC1. The Hall–Kier alpha value is -3.26. The summed E-state index contributed by atoms with van der Waals surface area (Å²) in [6.07, 6.45) is 3.93. The van der Waals surface area contributed by atoms with E-state index < -0.39 is 34.9 Å². The molecule has 0 aromatic heterocycles. The number of nitrogens with one attached hydrogen (secondary N) is 1. The van der Waals surface area contributed by atoms with Crippen molar-refractivity contribution in [3.05, 3.63) is 74.3 Å². The number of nitro benzene ring substituents is 1. The third-order valence-electron chi connectivity index (χ3n) is 4.85. The van der Waals surface area contributed by atoms with E-state index in [-0.39, 0.29) is 27.8 Å². The van der Waals surface area contributed by atoms with Crippen LogP contribution in [-0.2, 0) is 9.53 Å². The predicted molar refractivity (Wildman–Crippen MR) is 109 cm³/mol. The molecular weight excluding hydrogens is 412 g/mol. The molecule has 1 aliphatic rings. The zero-order valence-electron chi connectivity index (χ0n) is 15.9. The molecule has 2 aromatic rings. The van der Waals surface area contributed by atoms with Crippen LogP contribution in [-0.4, -0.2) is 35.2 Å². The zero-order valence-corrected chi connectivity index (χ0v) is 16.7. The van der Waals surface area contributed by atoms with Gasteiger partial charge in [0.05, 0.1) is 10.5 Å². The van der Waals surface area contributed by atoms with E-state index in [0.717, 1.165) is 31.7 Å². The topological polar surface area (TPSA) is 116 Å². The molecule has 1 aliphatic carbocycles. The largest absolute Gasteiger partial charge is 0.452 e. The van der Waals surface area contributed by atoms with E-state index in [0.29, 0.717) is 0 Å². The van der Waals surface area contributed by atoms with Gasteiger partial charge in [-0.3, -0.25) is 19.7 Å². The second-order valence-electron chi connectivity index (χ2n) is 6.92. The number of halogens is 1. The molecule has 156 valence electrons. The van der Waals surface area contributed by atoms with E-state index in [1.54, 1.807) is 12.1 Å². The molecule has 0 heterocycles. The van der Waals surface area contributed by atoms with Crippen LogP contribution in [0.1, 0.15) is 52.0 Å². The quantitative estimate of drug-likeness (QED) is 0.310. The molecule has 1 fully saturated rings. The molecule has 0 radical (unpaired) electrons. The molecule has 2 aromatic carbocycles. The van der Waals surface area contributed by atoms with E-state index in [4.69, 9.17) is 16.3 Å². The Balaban J connectivity index is 1.74. The smallest absolute Gasteiger partial charge is 0.339 e. The van der Waals surface area contributed by atoms with Gasteiger partial charge in [-0.2, -0.15) is 0 Å². The Kier molecular flexibility index (Phi) is 6.79. The fourth-order valence-corrected chi connectivity index (χ4v) is 3.54. The highest BCUT2D eigenvalue weighted by atomic mass is 35.5. The summed E-state index contributed by atoms with van der Waals surface area (Å²) in [5.41, 5.74) is -0.430. The monoisotopic (exact) mass is 430 g/mol. The van der Waals surface area contributed by atoms with Gasteiger partial charge in [-0.25, -0.2) is 4.79 Å². The maximum absolute atomic E-state index is 12.9. The third-order valence-corrected chi connectivity index (χ3v) is 5.17. The molecule has 9 heteroatoms. The molecule has 8 nitrogen and oxygen atoms in total. The molecule has 3 rings (SSSR count). The number of carbonyl (C=O) groups is 3. The molecule has 1 amide bonds. The van der Waals surface area contributed by atoms with Gasteiger partial charge in [-0.1, -0.05) is 42.6 Å². The van der Waals surface area contributed by atoms with Gasteiger partial charge in [0.1, 0.15) is 5.02 Å². The number of hydrogen-bond acceptors (Lipinski definition) is 6. The first-order valence-electron chi connectivity index (χ1n) is 9.41. The number of nitrogens with zero attached hydrogens (tertiary/aromatic N) is 1. The fraction of sp³-hybridized carbons (Fsp3) is 0.286. The second-order valence-corrected chi connectivity index (χ2v) is 7.33. The summed E-state index contributed by atoms with van der Waals surface area (Å²) < 4.78 is 5.08. The Morgan fingerprint density at radius 3 is 2.43 bits per heavy atom. The number of benzene rings is 2. The predicted octanol–water partition coefficient (Wildman–Crippen LogP) is 3.69. The average Bonchev–Trinajstić information content (AvgIpc) is 3.24. The number of rotatable bonds is 7. The lowest BCUT2D eigenvalue weighted by Crippen LogP contribution is -2.36. The van der Waals surface area contributed by atoms with Gasteiger partial charge in [0.15, 0.2) is 12.4 Å². The summed E-state index contributed by atoms with van der Waals surface area (Å²) in [6, 6.07) is 9.67. The summed E-state index contributed by atoms with van der Waals surface area (Å²) >= 11 is 5.79. The Labute approximate surface area is 177 Å². The van der Waals surface area contributed by atoms with Crippen molar-refractivity contribution in [2.75, 3.05) is 6.61 Å². The van der Waals surface area contributed by atoms with Crippen molar-refractivity contribution in [1.82, 2.24) is 5.32 Å². The lowest BCUT2D eigenvalue weighted by Gasteiger charge is -2.13. The molecule has 0 atom stereocenters. The van der Waals surface area contributed by atoms with Crippen LogP contribution in [0.15, 0.2) is 42.5 Å². The Morgan fingerprint density at radius 1 is 1.10 bits per heavy atom. The highest BCUT2D eigenvalue weighted by Crippen LogP contribution is 2.27. The number of esters is 1. The van der Waals surface area contributed by atoms with Gasteiger partial charge in [0, 0.05) is 23.2 Å². The van der Waals surface area contributed by atoms with Crippen LogP contribution in [0.4, 0.5) is 5.69 Å². The van der Waals surface area contributed by atoms with Gasteiger partial charge < -0.3 is 10.1 Å². The lowest BCUT2D eigenvalue weighted by atomic mass is 9.98. The molecule has 0 bridgehead atoms. The molecule has 1 saturated carbocycles. The van der Waals surface area contributed by atoms with E-state index in [1.807, 2.05) is 0 Å². The molecular formula is C21H19ClN2O6. The van der Waals surface area contributed by atoms with Crippen LogP contribution in [0.3, 0.4) is 0 Å². The molecule has 30 heavy (non-hydrogen) atoms. The van der Waals surface area contributed by atoms with Gasteiger partial charge in [0.25, 0.3) is 11.6 Å². The van der Waals surface area contributed by atoms with Crippen molar-refractivity contribution in [2.24, 2.45) is 0 Å². The van der Waals surface area contributed by atoms with Gasteiger partial charge in [0.2, 0.25) is 0 Å². The van der Waals surface area contributed by atoms with Crippen molar-refractivity contribution in [3.8, 4) is 0 Å². The minimum Gasteiger partial charge on any atom is -0.452 e. The van der Waals surface area contributed by atoms with Crippen LogP contribution >= 0.6 is 11.6 Å². The number of ketones is 1. The van der Waals surface area contributed by atoms with Crippen LogP contribution < -0.4 is 5.32 Å². The molecule has 1 N–H and O–H groups in total. The molecule has 0 saturated heterocycles. The van der Waals surface area contributed by atoms with Crippen LogP contribution in [0, 0.1) is 10.1 Å². The van der Waals surface area contributed by atoms with Crippen LogP contribution in [0.5, 0.6) is 0 Å². The average molecular weight is 431 g/mol. The highest BCUT2D eigenvalue weighted by molar-refractivity contribution is 6.33. The fourth-order valence-electron chi connectivity index (χ4n) is 3.36. The first-order valence-corrected chi connectivity index (χ1v) is 9.78. The van der Waals surface area contributed by atoms with Crippen LogP contribution in [0.25, 0.3) is 0 Å². The number of amides is 1. The molecule has 0 unspecified atom stereocenters. The number of hydrogen-bond donors (Lipinski definition) is 1. The summed E-state index contributed by atoms with van der Waals surface area (Å²) in [4.78, 5) is 47.7. The third kappa shape index (κ3) is 5.01. The van der Waals surface area contributed by atoms with Crippen molar-refractivity contribution in [1.29, 1.82) is 0 Å². The van der Waals surface area contributed by atoms with E-state index >= 15 is 0 Å². The van der Waals surface area contributed by atoms with E-state index in [1.165, 1.54) is 24.3 Å². The van der Waals surface area contributed by atoms with Gasteiger partial charge >= 0.3 is 5.97 Å². The lowest BCUT2D eigenvalue weighted by molar-refractivity contribution is -0.384. The standard InChI is InChI=1S/C21H19ClN2O6/c22-17-10-9-13(11-18(17)24(28)29)20(26)15-7-3-4-8-16(15)21(27)30-12-19(25)23-14-5-1-2-6-14/h3-4,7-11,14H,1-2,5-6,12H2,(H,23,25). The van der Waals surface area contributed by atoms with Crippen molar-refractivity contribution < 1.29 is 24.0 Å². The summed E-state index contributed by atoms with van der Waals surface area (Å²) in [5.74, 6) is -1.82. The maximum atomic E-state index is 12.9. The number of carbonyl (C=O) groups excluding carboxylic acids is 3. The maximum Gasteiger partial charge on any atom is 0.339 e. The highest BCUT2D eigenvalue weighted by Gasteiger charge is 2.23. The normalized spacial score (nSPS) is 13.6. The minimum absolute atomic E-state index is 0.00493. The zero-order chi connectivity index (χ0) is 21.7. The van der Waals surface area contributed by atoms with E-state index in [2.05, 4.69) is 5.32 Å². The molecule has 0 aliphatic heterocycles. The first kappa shape index (κ1) is 21.4. The molecule has 0 spiro atoms. The van der Waals surface area contributed by atoms with Gasteiger partial charge in [-0.05, 0) is 31.0 Å². The Bertz CT molecular complexity index is 1000. The first-order chi connectivity index (χ1) is 14.4. The van der Waals surface area contributed by atoms with Crippen molar-refractivity contribution >= 4 is 34.9 Å².